The third-order valence-electron chi connectivity index (χ3n) is 6.38. The molecule has 0 unspecified atom stereocenters. The van der Waals surface area contributed by atoms with Gasteiger partial charge < -0.3 is 9.88 Å². The van der Waals surface area contributed by atoms with E-state index in [0.717, 1.165) is 18.2 Å². The number of carbonyl (C=O) groups is 1. The smallest absolute Gasteiger partial charge is 0.268 e. The topological polar surface area (TPSA) is 34.0 Å². The normalized spacial score (nSPS) is 24.4. The van der Waals surface area contributed by atoms with E-state index >= 15 is 0 Å². The molecule has 2 saturated carbocycles. The van der Waals surface area contributed by atoms with Crippen molar-refractivity contribution < 1.29 is 4.79 Å². The molecule has 3 nitrogen and oxygen atoms in total. The molecule has 26 heavy (non-hydrogen) atoms. The summed E-state index contributed by atoms with van der Waals surface area (Å²) in [6.07, 6.45) is 5.12. The fourth-order valence-electron chi connectivity index (χ4n) is 4.94. The highest BCUT2D eigenvalue weighted by Gasteiger charge is 2.40. The first kappa shape index (κ1) is 16.1. The van der Waals surface area contributed by atoms with Crippen LogP contribution in [0.4, 0.5) is 0 Å². The molecule has 5 rings (SSSR count). The average molecular weight is 365 g/mol. The minimum absolute atomic E-state index is 0.0968. The Morgan fingerprint density at radius 1 is 1.23 bits per heavy atom. The zero-order chi connectivity index (χ0) is 17.7. The van der Waals surface area contributed by atoms with Gasteiger partial charge in [-0.3, -0.25) is 4.79 Å². The maximum absolute atomic E-state index is 13.1. The SMILES string of the molecule is Cc1ccccc1Cn1c(C(=O)N[C@H]2C[C@H]3CC[C@H]2C3)cc2ccsc21. The van der Waals surface area contributed by atoms with Crippen LogP contribution in [0.1, 0.15) is 47.3 Å². The van der Waals surface area contributed by atoms with Gasteiger partial charge in [0.05, 0.1) is 0 Å². The first-order valence-corrected chi connectivity index (χ1v) is 10.5. The highest BCUT2D eigenvalue weighted by Crippen LogP contribution is 2.44. The average Bonchev–Trinajstić information content (AvgIpc) is 3.38. The van der Waals surface area contributed by atoms with E-state index in [1.54, 1.807) is 11.3 Å². The summed E-state index contributed by atoms with van der Waals surface area (Å²) in [6.45, 7) is 2.88. The summed E-state index contributed by atoms with van der Waals surface area (Å²) in [6, 6.07) is 13.0. The predicted octanol–water partition coefficient (Wildman–Crippen LogP) is 4.98. The van der Waals surface area contributed by atoms with Crippen LogP contribution in [-0.2, 0) is 6.54 Å². The number of thiophene rings is 1. The van der Waals surface area contributed by atoms with Gasteiger partial charge in [0.2, 0.25) is 0 Å². The van der Waals surface area contributed by atoms with Crippen LogP contribution in [0, 0.1) is 18.8 Å². The van der Waals surface area contributed by atoms with Crippen LogP contribution in [0.5, 0.6) is 0 Å². The molecule has 2 aliphatic rings. The van der Waals surface area contributed by atoms with Crippen molar-refractivity contribution in [1.82, 2.24) is 9.88 Å². The monoisotopic (exact) mass is 364 g/mol. The van der Waals surface area contributed by atoms with Gasteiger partial charge in [0.25, 0.3) is 5.91 Å². The van der Waals surface area contributed by atoms with Crippen molar-refractivity contribution in [1.29, 1.82) is 0 Å². The molecule has 1 amide bonds. The van der Waals surface area contributed by atoms with Crippen molar-refractivity contribution in [2.24, 2.45) is 11.8 Å². The molecule has 0 spiro atoms. The van der Waals surface area contributed by atoms with Crippen LogP contribution in [0.25, 0.3) is 10.2 Å². The molecular formula is C22H24N2OS. The lowest BCUT2D eigenvalue weighted by Crippen LogP contribution is -2.39. The Morgan fingerprint density at radius 2 is 2.12 bits per heavy atom. The van der Waals surface area contributed by atoms with Crippen LogP contribution < -0.4 is 5.32 Å². The lowest BCUT2D eigenvalue weighted by molar-refractivity contribution is 0.0914. The van der Waals surface area contributed by atoms with E-state index < -0.39 is 0 Å². The Bertz CT molecular complexity index is 970. The molecule has 3 atom stereocenters. The zero-order valence-corrected chi connectivity index (χ0v) is 15.9. The molecule has 2 heterocycles. The minimum Gasteiger partial charge on any atom is -0.348 e. The molecule has 3 aromatic rings. The predicted molar refractivity (Wildman–Crippen MR) is 107 cm³/mol. The van der Waals surface area contributed by atoms with Gasteiger partial charge in [-0.05, 0) is 66.7 Å². The number of hydrogen-bond acceptors (Lipinski definition) is 2. The van der Waals surface area contributed by atoms with Crippen LogP contribution in [0.15, 0.2) is 41.8 Å². The number of hydrogen-bond donors (Lipinski definition) is 1. The Labute approximate surface area is 158 Å². The molecule has 1 N–H and O–H groups in total. The Hall–Kier alpha value is -2.07. The van der Waals surface area contributed by atoms with E-state index in [1.807, 2.05) is 0 Å². The molecule has 0 radical (unpaired) electrons. The van der Waals surface area contributed by atoms with E-state index in [9.17, 15) is 4.79 Å². The Balaban J connectivity index is 1.46. The minimum atomic E-state index is 0.0968. The summed E-state index contributed by atoms with van der Waals surface area (Å²) in [5.74, 6) is 1.64. The third-order valence-corrected chi connectivity index (χ3v) is 7.33. The summed E-state index contributed by atoms with van der Waals surface area (Å²) < 4.78 is 2.20. The van der Waals surface area contributed by atoms with Gasteiger partial charge in [-0.15, -0.1) is 11.3 Å². The third kappa shape index (κ3) is 2.67. The van der Waals surface area contributed by atoms with Gasteiger partial charge in [0.1, 0.15) is 10.5 Å². The molecule has 2 aromatic heterocycles. The summed E-state index contributed by atoms with van der Waals surface area (Å²) in [5.41, 5.74) is 3.34. The van der Waals surface area contributed by atoms with Gasteiger partial charge in [-0.25, -0.2) is 0 Å². The molecule has 0 saturated heterocycles. The zero-order valence-electron chi connectivity index (χ0n) is 15.1. The molecule has 134 valence electrons. The van der Waals surface area contributed by atoms with Crippen molar-refractivity contribution in [3.63, 3.8) is 0 Å². The molecular weight excluding hydrogens is 340 g/mol. The Morgan fingerprint density at radius 3 is 2.88 bits per heavy atom. The first-order chi connectivity index (χ1) is 12.7. The number of aromatic nitrogens is 1. The van der Waals surface area contributed by atoms with Crippen molar-refractivity contribution in [3.05, 3.63) is 58.6 Å². The molecule has 2 fully saturated rings. The fourth-order valence-corrected chi connectivity index (χ4v) is 5.84. The largest absolute Gasteiger partial charge is 0.348 e. The number of amides is 1. The van der Waals surface area contributed by atoms with E-state index in [0.29, 0.717) is 12.0 Å². The van der Waals surface area contributed by atoms with Gasteiger partial charge in [0.15, 0.2) is 0 Å². The number of carbonyl (C=O) groups excluding carboxylic acids is 1. The highest BCUT2D eigenvalue weighted by molar-refractivity contribution is 7.16. The number of aryl methyl sites for hydroxylation is 1. The number of nitrogens with zero attached hydrogens (tertiary/aromatic N) is 1. The van der Waals surface area contributed by atoms with Crippen molar-refractivity contribution in [3.8, 4) is 0 Å². The van der Waals surface area contributed by atoms with Crippen LogP contribution in [0.3, 0.4) is 0 Å². The van der Waals surface area contributed by atoms with Crippen LogP contribution >= 0.6 is 11.3 Å². The summed E-state index contributed by atoms with van der Waals surface area (Å²) in [5, 5.41) is 6.64. The number of benzene rings is 1. The second kappa shape index (κ2) is 6.27. The standard InChI is InChI=1S/C22H24N2OS/c1-14-4-2-3-5-18(14)13-24-20(12-17-8-9-26-22(17)24)21(25)23-19-11-15-6-7-16(19)10-15/h2-5,8-9,12,15-16,19H,6-7,10-11,13H2,1H3,(H,23,25)/t15-,16-,19-/m0/s1. The van der Waals surface area contributed by atoms with Crippen LogP contribution in [-0.4, -0.2) is 16.5 Å². The second-order valence-electron chi connectivity index (χ2n) is 7.98. The number of rotatable bonds is 4. The van der Waals surface area contributed by atoms with E-state index in [2.05, 4.69) is 58.6 Å². The summed E-state index contributed by atoms with van der Waals surface area (Å²) in [4.78, 5) is 14.3. The quantitative estimate of drug-likeness (QED) is 0.696. The fraction of sp³-hybridized carbons (Fsp3) is 0.409. The van der Waals surface area contributed by atoms with E-state index in [1.165, 1.54) is 47.0 Å². The lowest BCUT2D eigenvalue weighted by Gasteiger charge is -2.23. The lowest BCUT2D eigenvalue weighted by atomic mass is 9.95. The Kier molecular flexibility index (Phi) is 3.89. The van der Waals surface area contributed by atoms with Crippen molar-refractivity contribution in [2.45, 2.75) is 45.2 Å². The van der Waals surface area contributed by atoms with Crippen molar-refractivity contribution >= 4 is 27.5 Å². The van der Waals surface area contributed by atoms with Gasteiger partial charge >= 0.3 is 0 Å². The van der Waals surface area contributed by atoms with Gasteiger partial charge in [-0.1, -0.05) is 30.7 Å². The van der Waals surface area contributed by atoms with Gasteiger partial charge in [0, 0.05) is 18.0 Å². The number of nitrogens with one attached hydrogen (secondary N) is 1. The van der Waals surface area contributed by atoms with Crippen LogP contribution in [0.2, 0.25) is 0 Å². The van der Waals surface area contributed by atoms with E-state index in [-0.39, 0.29) is 5.91 Å². The summed E-state index contributed by atoms with van der Waals surface area (Å²) in [7, 11) is 0. The number of fused-ring (bicyclic) bond motifs is 3. The van der Waals surface area contributed by atoms with E-state index in [4.69, 9.17) is 0 Å². The summed E-state index contributed by atoms with van der Waals surface area (Å²) >= 11 is 1.72. The first-order valence-electron chi connectivity index (χ1n) is 9.61. The maximum Gasteiger partial charge on any atom is 0.268 e. The maximum atomic E-state index is 13.1. The molecule has 1 aromatic carbocycles. The van der Waals surface area contributed by atoms with Gasteiger partial charge in [-0.2, -0.15) is 0 Å². The molecule has 2 bridgehead atoms. The highest BCUT2D eigenvalue weighted by atomic mass is 32.1. The second-order valence-corrected chi connectivity index (χ2v) is 8.87. The molecule has 0 aliphatic heterocycles. The molecule has 2 aliphatic carbocycles. The molecule has 4 heteroatoms. The van der Waals surface area contributed by atoms with Crippen molar-refractivity contribution in [2.75, 3.05) is 0 Å².